The van der Waals surface area contributed by atoms with Crippen LogP contribution >= 0.6 is 0 Å². The van der Waals surface area contributed by atoms with Crippen LogP contribution in [-0.2, 0) is 0 Å². The number of hydrogen-bond donors (Lipinski definition) is 1. The van der Waals surface area contributed by atoms with Crippen LogP contribution in [0.1, 0.15) is 18.4 Å². The fourth-order valence-electron chi connectivity index (χ4n) is 2.19. The van der Waals surface area contributed by atoms with Gasteiger partial charge in [-0.2, -0.15) is 5.10 Å². The second kappa shape index (κ2) is 4.00. The Morgan fingerprint density at radius 2 is 1.88 bits per heavy atom. The van der Waals surface area contributed by atoms with Crippen molar-refractivity contribution in [1.29, 1.82) is 0 Å². The molecule has 0 aromatic heterocycles. The molecule has 0 saturated carbocycles. The molecule has 0 amide bonds. The highest BCUT2D eigenvalue weighted by Gasteiger charge is 2.15. The van der Waals surface area contributed by atoms with E-state index in [0.29, 0.717) is 0 Å². The van der Waals surface area contributed by atoms with Crippen LogP contribution in [0.15, 0.2) is 35.4 Å². The Balaban J connectivity index is 1.88. The molecule has 3 nitrogen and oxygen atoms in total. The van der Waals surface area contributed by atoms with Crippen molar-refractivity contribution in [3.8, 4) is 0 Å². The zero-order valence-electron chi connectivity index (χ0n) is 9.19. The lowest BCUT2D eigenvalue weighted by Gasteiger charge is -2.16. The van der Waals surface area contributed by atoms with Crippen molar-refractivity contribution >= 4 is 17.6 Å². The first kappa shape index (κ1) is 9.46. The first-order chi connectivity index (χ1) is 7.93. The molecule has 1 saturated heterocycles. The molecular weight excluding hydrogens is 198 g/mol. The number of rotatable bonds is 0. The molecule has 0 atom stereocenters. The molecule has 2 heterocycles. The summed E-state index contributed by atoms with van der Waals surface area (Å²) >= 11 is 0. The van der Waals surface area contributed by atoms with Gasteiger partial charge in [-0.3, -0.25) is 5.43 Å². The fraction of sp³-hybridized carbons (Fsp3) is 0.308. The highest BCUT2D eigenvalue weighted by atomic mass is 15.4. The highest BCUT2D eigenvalue weighted by Crippen LogP contribution is 2.20. The Bertz CT molecular complexity index is 442. The molecular formula is C13H15N3. The summed E-state index contributed by atoms with van der Waals surface area (Å²) < 4.78 is 0. The number of nitrogens with zero attached hydrogens (tertiary/aromatic N) is 2. The molecule has 0 spiro atoms. The lowest BCUT2D eigenvalue weighted by Crippen LogP contribution is -2.26. The Morgan fingerprint density at radius 3 is 2.75 bits per heavy atom. The molecule has 3 heteroatoms. The van der Waals surface area contributed by atoms with Crippen LogP contribution in [-0.4, -0.2) is 23.8 Å². The molecule has 1 aromatic rings. The maximum Gasteiger partial charge on any atom is 0.148 e. The second-order valence-corrected chi connectivity index (χ2v) is 4.20. The van der Waals surface area contributed by atoms with Crippen LogP contribution in [0, 0.1) is 0 Å². The summed E-state index contributed by atoms with van der Waals surface area (Å²) in [6.45, 7) is 2.25. The van der Waals surface area contributed by atoms with Crippen molar-refractivity contribution in [2.24, 2.45) is 5.10 Å². The summed E-state index contributed by atoms with van der Waals surface area (Å²) in [4.78, 5) is 2.33. The van der Waals surface area contributed by atoms with Crippen LogP contribution < -0.4 is 5.43 Å². The topological polar surface area (TPSA) is 27.6 Å². The van der Waals surface area contributed by atoms with Gasteiger partial charge >= 0.3 is 0 Å². The van der Waals surface area contributed by atoms with Gasteiger partial charge in [-0.1, -0.05) is 18.2 Å². The molecule has 0 aliphatic carbocycles. The first-order valence-electron chi connectivity index (χ1n) is 5.79. The zero-order chi connectivity index (χ0) is 10.8. The standard InChI is InChI=1S/C13H15N3/c1-2-6-12-11(5-1)7-8-13(15-14-12)16-9-3-4-10-16/h1-2,5-8,14H,3-4,9-10H2. The van der Waals surface area contributed by atoms with Gasteiger partial charge in [0.1, 0.15) is 5.84 Å². The Labute approximate surface area is 95.5 Å². The third kappa shape index (κ3) is 1.69. The number of anilines is 1. The zero-order valence-corrected chi connectivity index (χ0v) is 9.19. The third-order valence-corrected chi connectivity index (χ3v) is 3.09. The number of para-hydroxylation sites is 1. The number of nitrogens with one attached hydrogen (secondary N) is 1. The Morgan fingerprint density at radius 1 is 1.06 bits per heavy atom. The summed E-state index contributed by atoms with van der Waals surface area (Å²) in [5.41, 5.74) is 5.41. The predicted molar refractivity (Wildman–Crippen MR) is 67.3 cm³/mol. The quantitative estimate of drug-likeness (QED) is 0.717. The van der Waals surface area contributed by atoms with Crippen LogP contribution in [0.4, 0.5) is 5.69 Å². The van der Waals surface area contributed by atoms with Crippen LogP contribution in [0.5, 0.6) is 0 Å². The monoisotopic (exact) mass is 213 g/mol. The van der Waals surface area contributed by atoms with Gasteiger partial charge < -0.3 is 4.90 Å². The molecule has 1 N–H and O–H groups in total. The van der Waals surface area contributed by atoms with Gasteiger partial charge in [0.2, 0.25) is 0 Å². The van der Waals surface area contributed by atoms with E-state index in [9.17, 15) is 0 Å². The van der Waals surface area contributed by atoms with E-state index >= 15 is 0 Å². The van der Waals surface area contributed by atoms with E-state index in [4.69, 9.17) is 0 Å². The molecule has 0 radical (unpaired) electrons. The van der Waals surface area contributed by atoms with Gasteiger partial charge in [0, 0.05) is 13.1 Å². The normalized spacial score (nSPS) is 18.8. The van der Waals surface area contributed by atoms with Crippen molar-refractivity contribution in [2.45, 2.75) is 12.8 Å². The number of hydrazone groups is 1. The SMILES string of the molecule is C1=Cc2ccccc2NN=C1N1CCCC1. The average Bonchev–Trinajstić information content (AvgIpc) is 2.76. The van der Waals surface area contributed by atoms with E-state index in [2.05, 4.69) is 39.7 Å². The van der Waals surface area contributed by atoms with Crippen LogP contribution in [0.2, 0.25) is 0 Å². The van der Waals surface area contributed by atoms with Crippen molar-refractivity contribution in [2.75, 3.05) is 18.5 Å². The van der Waals surface area contributed by atoms with Crippen molar-refractivity contribution < 1.29 is 0 Å². The summed E-state index contributed by atoms with van der Waals surface area (Å²) in [6, 6.07) is 8.22. The molecule has 1 fully saturated rings. The molecule has 2 aliphatic rings. The number of benzene rings is 1. The smallest absolute Gasteiger partial charge is 0.148 e. The largest absolute Gasteiger partial charge is 0.355 e. The number of hydrogen-bond acceptors (Lipinski definition) is 3. The first-order valence-corrected chi connectivity index (χ1v) is 5.79. The van der Waals surface area contributed by atoms with Gasteiger partial charge in [-0.15, -0.1) is 0 Å². The van der Waals surface area contributed by atoms with E-state index < -0.39 is 0 Å². The minimum absolute atomic E-state index is 1.05. The van der Waals surface area contributed by atoms with E-state index in [1.54, 1.807) is 0 Å². The van der Waals surface area contributed by atoms with Crippen molar-refractivity contribution in [3.63, 3.8) is 0 Å². The summed E-state index contributed by atoms with van der Waals surface area (Å²) in [6.07, 6.45) is 6.79. The van der Waals surface area contributed by atoms with Crippen molar-refractivity contribution in [1.82, 2.24) is 4.90 Å². The minimum Gasteiger partial charge on any atom is -0.355 e. The van der Waals surface area contributed by atoms with E-state index in [-0.39, 0.29) is 0 Å². The maximum absolute atomic E-state index is 4.45. The number of amidine groups is 1. The summed E-state index contributed by atoms with van der Waals surface area (Å²) in [5, 5.41) is 4.45. The minimum atomic E-state index is 1.05. The Hall–Kier alpha value is -1.77. The van der Waals surface area contributed by atoms with E-state index in [0.717, 1.165) is 24.6 Å². The lowest BCUT2D eigenvalue weighted by molar-refractivity contribution is 0.522. The van der Waals surface area contributed by atoms with Crippen LogP contribution in [0.3, 0.4) is 0 Å². The molecule has 0 bridgehead atoms. The van der Waals surface area contributed by atoms with Gasteiger partial charge in [0.25, 0.3) is 0 Å². The average molecular weight is 213 g/mol. The van der Waals surface area contributed by atoms with Crippen LogP contribution in [0.25, 0.3) is 6.08 Å². The third-order valence-electron chi connectivity index (χ3n) is 3.09. The predicted octanol–water partition coefficient (Wildman–Crippen LogP) is 2.53. The van der Waals surface area contributed by atoms with Gasteiger partial charge in [-0.05, 0) is 36.6 Å². The van der Waals surface area contributed by atoms with E-state index in [1.807, 2.05) is 12.1 Å². The molecule has 3 rings (SSSR count). The Kier molecular flexibility index (Phi) is 2.37. The number of fused-ring (bicyclic) bond motifs is 1. The molecule has 0 unspecified atom stereocenters. The van der Waals surface area contributed by atoms with Gasteiger partial charge in [0.15, 0.2) is 0 Å². The molecule has 82 valence electrons. The summed E-state index contributed by atoms with van der Waals surface area (Å²) in [7, 11) is 0. The lowest BCUT2D eigenvalue weighted by atomic mass is 10.1. The molecule has 1 aromatic carbocycles. The summed E-state index contributed by atoms with van der Waals surface area (Å²) in [5.74, 6) is 1.05. The fourth-order valence-corrected chi connectivity index (χ4v) is 2.19. The van der Waals surface area contributed by atoms with Crippen molar-refractivity contribution in [3.05, 3.63) is 35.9 Å². The number of likely N-dealkylation sites (tertiary alicyclic amines) is 1. The second-order valence-electron chi connectivity index (χ2n) is 4.20. The van der Waals surface area contributed by atoms with Gasteiger partial charge in [0.05, 0.1) is 5.69 Å². The highest BCUT2D eigenvalue weighted by molar-refractivity contribution is 5.99. The molecule has 16 heavy (non-hydrogen) atoms. The molecule has 2 aliphatic heterocycles. The van der Waals surface area contributed by atoms with E-state index in [1.165, 1.54) is 18.4 Å². The van der Waals surface area contributed by atoms with Gasteiger partial charge in [-0.25, -0.2) is 0 Å². The maximum atomic E-state index is 4.45.